The van der Waals surface area contributed by atoms with Gasteiger partial charge in [-0.05, 0) is 5.92 Å². The van der Waals surface area contributed by atoms with Crippen molar-refractivity contribution in [3.63, 3.8) is 0 Å². The zero-order valence-corrected chi connectivity index (χ0v) is 14.0. The van der Waals surface area contributed by atoms with Gasteiger partial charge < -0.3 is 9.47 Å². The van der Waals surface area contributed by atoms with Crippen molar-refractivity contribution in [2.45, 2.75) is 58.8 Å². The van der Waals surface area contributed by atoms with E-state index in [1.165, 1.54) is 0 Å². The van der Waals surface area contributed by atoms with Crippen molar-refractivity contribution in [3.8, 4) is 18.2 Å². The van der Waals surface area contributed by atoms with E-state index >= 15 is 0 Å². The molecule has 0 radical (unpaired) electrons. The Morgan fingerprint density at radius 2 is 1.70 bits per heavy atom. The monoisotopic (exact) mass is 314 g/mol. The number of nitrogens with one attached hydrogen (secondary N) is 1. The summed E-state index contributed by atoms with van der Waals surface area (Å²) in [6, 6.07) is 6.24. The molecule has 2 saturated heterocycles. The SMILES string of the molecule is CCC(CC)C1OC2(CC)OC(=N)C(C#N)(C2C)C1(C#N)C#N. The molecule has 0 aromatic carbocycles. The number of nitrogens with zero attached hydrogens (tertiary/aromatic N) is 3. The Morgan fingerprint density at radius 1 is 1.13 bits per heavy atom. The van der Waals surface area contributed by atoms with Crippen LogP contribution in [0.5, 0.6) is 0 Å². The van der Waals surface area contributed by atoms with E-state index in [0.29, 0.717) is 6.42 Å². The first-order valence-electron chi connectivity index (χ1n) is 8.09. The molecule has 0 spiro atoms. The molecule has 2 heterocycles. The van der Waals surface area contributed by atoms with Gasteiger partial charge in [0.1, 0.15) is 0 Å². The minimum atomic E-state index is -1.75. The Balaban J connectivity index is 2.80. The molecule has 2 aliphatic heterocycles. The van der Waals surface area contributed by atoms with E-state index in [0.717, 1.165) is 12.8 Å². The third-order valence-corrected chi connectivity index (χ3v) is 5.82. The largest absolute Gasteiger partial charge is 0.447 e. The second-order valence-corrected chi connectivity index (χ2v) is 6.38. The molecule has 2 rings (SSSR count). The van der Waals surface area contributed by atoms with Crippen LogP contribution in [0.3, 0.4) is 0 Å². The Labute approximate surface area is 137 Å². The van der Waals surface area contributed by atoms with E-state index in [2.05, 4.69) is 18.2 Å². The van der Waals surface area contributed by atoms with Crippen molar-refractivity contribution in [1.82, 2.24) is 0 Å². The molecular formula is C17H22N4O2. The first-order chi connectivity index (χ1) is 10.9. The molecule has 0 amide bonds. The van der Waals surface area contributed by atoms with Crippen LogP contribution in [0, 0.1) is 62.1 Å². The Morgan fingerprint density at radius 3 is 2.09 bits per heavy atom. The summed E-state index contributed by atoms with van der Waals surface area (Å²) in [5.41, 5.74) is -3.35. The fraction of sp³-hybridized carbons (Fsp3) is 0.765. The van der Waals surface area contributed by atoms with Crippen molar-refractivity contribution in [3.05, 3.63) is 0 Å². The number of hydrogen-bond donors (Lipinski definition) is 1. The van der Waals surface area contributed by atoms with Gasteiger partial charge in [0, 0.05) is 6.42 Å². The molecule has 6 nitrogen and oxygen atoms in total. The fourth-order valence-electron chi connectivity index (χ4n) is 4.24. The van der Waals surface area contributed by atoms with Crippen molar-refractivity contribution >= 4 is 5.90 Å². The van der Waals surface area contributed by atoms with E-state index in [4.69, 9.17) is 14.9 Å². The van der Waals surface area contributed by atoms with E-state index in [1.54, 1.807) is 6.92 Å². The van der Waals surface area contributed by atoms with E-state index in [1.807, 2.05) is 20.8 Å². The molecule has 0 aromatic rings. The van der Waals surface area contributed by atoms with Crippen LogP contribution in [-0.4, -0.2) is 17.8 Å². The summed E-state index contributed by atoms with van der Waals surface area (Å²) in [5.74, 6) is -2.06. The smallest absolute Gasteiger partial charge is 0.216 e. The first kappa shape index (κ1) is 17.3. The summed E-state index contributed by atoms with van der Waals surface area (Å²) in [6.45, 7) is 7.55. The first-order valence-corrected chi connectivity index (χ1v) is 8.09. The molecule has 1 N–H and O–H groups in total. The molecule has 4 unspecified atom stereocenters. The van der Waals surface area contributed by atoms with Gasteiger partial charge in [-0.2, -0.15) is 15.8 Å². The topological polar surface area (TPSA) is 114 Å². The molecule has 2 bridgehead atoms. The van der Waals surface area contributed by atoms with Crippen LogP contribution >= 0.6 is 0 Å². The zero-order chi connectivity index (χ0) is 17.5. The predicted octanol–water partition coefficient (Wildman–Crippen LogP) is 3.11. The summed E-state index contributed by atoms with van der Waals surface area (Å²) in [6.07, 6.45) is 1.12. The van der Waals surface area contributed by atoms with Crippen LogP contribution < -0.4 is 0 Å². The summed E-state index contributed by atoms with van der Waals surface area (Å²) in [5, 5.41) is 38.0. The minimum absolute atomic E-state index is 0.0602. The van der Waals surface area contributed by atoms with Crippen molar-refractivity contribution in [2.75, 3.05) is 0 Å². The average Bonchev–Trinajstić information content (AvgIpc) is 2.73. The molecule has 122 valence electrons. The maximum Gasteiger partial charge on any atom is 0.216 e. The maximum absolute atomic E-state index is 9.93. The lowest BCUT2D eigenvalue weighted by molar-refractivity contribution is -0.288. The lowest BCUT2D eigenvalue weighted by Crippen LogP contribution is -2.63. The Bertz CT molecular complexity index is 622. The number of fused-ring (bicyclic) bond motifs is 2. The van der Waals surface area contributed by atoms with Gasteiger partial charge in [0.2, 0.25) is 11.7 Å². The Hall–Kier alpha value is -2.10. The van der Waals surface area contributed by atoms with Gasteiger partial charge in [0.15, 0.2) is 10.8 Å². The fourth-order valence-corrected chi connectivity index (χ4v) is 4.24. The maximum atomic E-state index is 9.93. The third kappa shape index (κ3) is 1.72. The second-order valence-electron chi connectivity index (χ2n) is 6.38. The highest BCUT2D eigenvalue weighted by Crippen LogP contribution is 2.64. The standard InChI is InChI=1S/C17H22N4O2/c1-5-12(6-2)13-15(8-18,9-19)16(10-20)11(4)17(7-3,22-13)23-14(16)21/h11-13,21H,5-7H2,1-4H3. The molecule has 23 heavy (non-hydrogen) atoms. The van der Waals surface area contributed by atoms with Crippen LogP contribution in [0.25, 0.3) is 0 Å². The van der Waals surface area contributed by atoms with E-state index < -0.39 is 28.6 Å². The Kier molecular flexibility index (Phi) is 4.14. The highest BCUT2D eigenvalue weighted by molar-refractivity contribution is 5.89. The molecule has 6 heteroatoms. The highest BCUT2D eigenvalue weighted by Gasteiger charge is 2.79. The van der Waals surface area contributed by atoms with E-state index in [-0.39, 0.29) is 11.8 Å². The molecule has 0 aliphatic carbocycles. The number of ether oxygens (including phenoxy) is 2. The van der Waals surface area contributed by atoms with Gasteiger partial charge >= 0.3 is 0 Å². The van der Waals surface area contributed by atoms with Crippen LogP contribution in [-0.2, 0) is 9.47 Å². The van der Waals surface area contributed by atoms with Crippen LogP contribution in [0.4, 0.5) is 0 Å². The molecule has 0 saturated carbocycles. The summed E-state index contributed by atoms with van der Waals surface area (Å²) < 4.78 is 11.9. The van der Waals surface area contributed by atoms with Crippen molar-refractivity contribution < 1.29 is 9.47 Å². The van der Waals surface area contributed by atoms with Gasteiger partial charge in [-0.15, -0.1) is 0 Å². The molecule has 0 aromatic heterocycles. The minimum Gasteiger partial charge on any atom is -0.447 e. The van der Waals surface area contributed by atoms with E-state index in [9.17, 15) is 15.8 Å². The van der Waals surface area contributed by atoms with Gasteiger partial charge in [0.05, 0.1) is 30.2 Å². The quantitative estimate of drug-likeness (QED) is 0.856. The summed E-state index contributed by atoms with van der Waals surface area (Å²) in [4.78, 5) is 0. The summed E-state index contributed by atoms with van der Waals surface area (Å²) in [7, 11) is 0. The van der Waals surface area contributed by atoms with Crippen molar-refractivity contribution in [2.24, 2.45) is 22.7 Å². The van der Waals surface area contributed by atoms with Crippen molar-refractivity contribution in [1.29, 1.82) is 21.2 Å². The van der Waals surface area contributed by atoms with Crippen LogP contribution in [0.15, 0.2) is 0 Å². The predicted molar refractivity (Wildman–Crippen MR) is 81.6 cm³/mol. The molecule has 4 atom stereocenters. The van der Waals surface area contributed by atoms with Crippen LogP contribution in [0.1, 0.15) is 47.0 Å². The number of hydrogen-bond acceptors (Lipinski definition) is 6. The van der Waals surface area contributed by atoms with Gasteiger partial charge in [0.25, 0.3) is 0 Å². The lowest BCUT2D eigenvalue weighted by atomic mass is 9.52. The zero-order valence-electron chi connectivity index (χ0n) is 14.0. The molecule has 2 aliphatic rings. The number of nitriles is 3. The molecular weight excluding hydrogens is 292 g/mol. The number of rotatable bonds is 4. The van der Waals surface area contributed by atoms with Gasteiger partial charge in [-0.1, -0.05) is 40.5 Å². The average molecular weight is 314 g/mol. The van der Waals surface area contributed by atoms with Gasteiger partial charge in [-0.25, -0.2) is 0 Å². The second kappa shape index (κ2) is 5.52. The summed E-state index contributed by atoms with van der Waals surface area (Å²) >= 11 is 0. The third-order valence-electron chi connectivity index (χ3n) is 5.82. The normalized spacial score (nSPS) is 37.6. The van der Waals surface area contributed by atoms with Gasteiger partial charge in [-0.3, -0.25) is 5.41 Å². The van der Waals surface area contributed by atoms with Crippen LogP contribution in [0.2, 0.25) is 0 Å². The lowest BCUT2D eigenvalue weighted by Gasteiger charge is -2.50. The highest BCUT2D eigenvalue weighted by atomic mass is 16.7. The molecule has 2 fully saturated rings.